The van der Waals surface area contributed by atoms with E-state index in [0.717, 1.165) is 33.9 Å². The lowest BCUT2D eigenvalue weighted by atomic mass is 9.99. The second-order valence-corrected chi connectivity index (χ2v) is 6.17. The molecule has 0 fully saturated rings. The van der Waals surface area contributed by atoms with E-state index in [0.29, 0.717) is 6.42 Å². The summed E-state index contributed by atoms with van der Waals surface area (Å²) in [5.74, 6) is 0.240. The lowest BCUT2D eigenvalue weighted by Crippen LogP contribution is -2.10. The van der Waals surface area contributed by atoms with Gasteiger partial charge in [-0.15, -0.1) is 0 Å². The monoisotopic (exact) mass is 326 g/mol. The minimum absolute atomic E-state index is 0.240. The van der Waals surface area contributed by atoms with Gasteiger partial charge in [-0.05, 0) is 36.8 Å². The second-order valence-electron chi connectivity index (χ2n) is 6.17. The van der Waals surface area contributed by atoms with Crippen molar-refractivity contribution in [3.8, 4) is 5.75 Å². The first-order valence-corrected chi connectivity index (χ1v) is 8.30. The Kier molecular flexibility index (Phi) is 3.90. The van der Waals surface area contributed by atoms with Crippen molar-refractivity contribution >= 4 is 22.8 Å². The molecule has 122 valence electrons. The van der Waals surface area contributed by atoms with E-state index in [9.17, 15) is 5.11 Å². The number of aromatic hydroxyl groups is 1. The van der Waals surface area contributed by atoms with Crippen LogP contribution in [0.5, 0.6) is 5.75 Å². The zero-order valence-electron chi connectivity index (χ0n) is 14.0. The van der Waals surface area contributed by atoms with E-state index in [-0.39, 0.29) is 5.75 Å². The molecule has 1 aliphatic heterocycles. The molecule has 0 saturated heterocycles. The minimum atomic E-state index is 0.240. The standard InChI is InChI=1S/C22H18N2O/c1-15-10-12-16(13-11-15)20-14-21(17-6-2-5-9-22(17)25)24-19-8-4-3-7-18(19)23-20/h2-13,25H,14H2,1H3. The Bertz CT molecular complexity index is 985. The third kappa shape index (κ3) is 3.09. The highest BCUT2D eigenvalue weighted by Crippen LogP contribution is 2.33. The van der Waals surface area contributed by atoms with Gasteiger partial charge in [0.15, 0.2) is 0 Å². The fraction of sp³-hybridized carbons (Fsp3) is 0.0909. The summed E-state index contributed by atoms with van der Waals surface area (Å²) in [6, 6.07) is 23.5. The third-order valence-corrected chi connectivity index (χ3v) is 4.33. The molecule has 0 unspecified atom stereocenters. The molecule has 3 aromatic carbocycles. The van der Waals surface area contributed by atoms with Crippen molar-refractivity contribution in [3.63, 3.8) is 0 Å². The first-order chi connectivity index (χ1) is 12.2. The van der Waals surface area contributed by atoms with Crippen LogP contribution in [0.2, 0.25) is 0 Å². The van der Waals surface area contributed by atoms with Crippen LogP contribution in [0.1, 0.15) is 23.1 Å². The molecule has 0 radical (unpaired) electrons. The predicted molar refractivity (Wildman–Crippen MR) is 103 cm³/mol. The Morgan fingerprint density at radius 3 is 2.00 bits per heavy atom. The van der Waals surface area contributed by atoms with E-state index in [1.54, 1.807) is 6.07 Å². The molecule has 25 heavy (non-hydrogen) atoms. The van der Waals surface area contributed by atoms with Crippen molar-refractivity contribution in [3.05, 3.63) is 89.5 Å². The van der Waals surface area contributed by atoms with Crippen molar-refractivity contribution < 1.29 is 5.11 Å². The van der Waals surface area contributed by atoms with Gasteiger partial charge < -0.3 is 5.11 Å². The lowest BCUT2D eigenvalue weighted by Gasteiger charge is -2.09. The zero-order valence-corrected chi connectivity index (χ0v) is 14.0. The Labute approximate surface area is 147 Å². The van der Waals surface area contributed by atoms with Crippen LogP contribution in [0.3, 0.4) is 0 Å². The number of hydrogen-bond acceptors (Lipinski definition) is 3. The molecule has 0 aliphatic carbocycles. The molecular weight excluding hydrogens is 308 g/mol. The summed E-state index contributed by atoms with van der Waals surface area (Å²) >= 11 is 0. The highest BCUT2D eigenvalue weighted by Gasteiger charge is 2.18. The van der Waals surface area contributed by atoms with E-state index in [1.165, 1.54) is 5.56 Å². The Morgan fingerprint density at radius 1 is 0.720 bits per heavy atom. The summed E-state index contributed by atoms with van der Waals surface area (Å²) < 4.78 is 0. The zero-order chi connectivity index (χ0) is 17.2. The minimum Gasteiger partial charge on any atom is -0.507 e. The molecule has 1 aliphatic rings. The average molecular weight is 326 g/mol. The van der Waals surface area contributed by atoms with Crippen LogP contribution < -0.4 is 0 Å². The first-order valence-electron chi connectivity index (χ1n) is 8.30. The molecule has 3 heteroatoms. The molecule has 0 aromatic heterocycles. The fourth-order valence-corrected chi connectivity index (χ4v) is 2.97. The number of para-hydroxylation sites is 3. The quantitative estimate of drug-likeness (QED) is 0.678. The van der Waals surface area contributed by atoms with Gasteiger partial charge >= 0.3 is 0 Å². The largest absolute Gasteiger partial charge is 0.507 e. The molecular formula is C22H18N2O. The summed E-state index contributed by atoms with van der Waals surface area (Å²) in [6.45, 7) is 2.07. The summed E-state index contributed by atoms with van der Waals surface area (Å²) in [7, 11) is 0. The van der Waals surface area contributed by atoms with Crippen LogP contribution >= 0.6 is 0 Å². The van der Waals surface area contributed by atoms with Gasteiger partial charge in [0.1, 0.15) is 5.75 Å². The van der Waals surface area contributed by atoms with Crippen LogP contribution in [-0.2, 0) is 0 Å². The van der Waals surface area contributed by atoms with E-state index in [1.807, 2.05) is 42.5 Å². The van der Waals surface area contributed by atoms with E-state index in [2.05, 4.69) is 31.2 Å². The summed E-state index contributed by atoms with van der Waals surface area (Å²) in [5, 5.41) is 10.3. The van der Waals surface area contributed by atoms with Gasteiger partial charge in [0.2, 0.25) is 0 Å². The second kappa shape index (κ2) is 6.36. The molecule has 0 spiro atoms. The van der Waals surface area contributed by atoms with Crippen LogP contribution in [0, 0.1) is 6.92 Å². The average Bonchev–Trinajstić information content (AvgIpc) is 2.82. The molecule has 3 aromatic rings. The number of fused-ring (bicyclic) bond motifs is 1. The number of aliphatic imine (C=N–C) groups is 2. The Morgan fingerprint density at radius 2 is 1.32 bits per heavy atom. The third-order valence-electron chi connectivity index (χ3n) is 4.33. The van der Waals surface area contributed by atoms with Crippen molar-refractivity contribution in [1.29, 1.82) is 0 Å². The maximum atomic E-state index is 10.3. The summed E-state index contributed by atoms with van der Waals surface area (Å²) in [5.41, 5.74) is 6.48. The predicted octanol–water partition coefficient (Wildman–Crippen LogP) is 5.35. The van der Waals surface area contributed by atoms with E-state index in [4.69, 9.17) is 9.98 Å². The molecule has 0 atom stereocenters. The van der Waals surface area contributed by atoms with Crippen molar-refractivity contribution in [2.24, 2.45) is 9.98 Å². The Hall–Kier alpha value is -3.20. The maximum Gasteiger partial charge on any atom is 0.124 e. The number of aryl methyl sites for hydroxylation is 1. The van der Waals surface area contributed by atoms with Crippen molar-refractivity contribution in [2.75, 3.05) is 0 Å². The molecule has 0 saturated carbocycles. The SMILES string of the molecule is Cc1ccc(C2=Nc3ccccc3N=C(c3ccccc3O)C2)cc1. The number of hydrogen-bond donors (Lipinski definition) is 1. The number of benzene rings is 3. The van der Waals surface area contributed by atoms with Gasteiger partial charge in [0.25, 0.3) is 0 Å². The summed E-state index contributed by atoms with van der Waals surface area (Å²) in [4.78, 5) is 9.67. The highest BCUT2D eigenvalue weighted by molar-refractivity contribution is 6.21. The van der Waals surface area contributed by atoms with Gasteiger partial charge in [-0.2, -0.15) is 0 Å². The molecule has 4 rings (SSSR count). The lowest BCUT2D eigenvalue weighted by molar-refractivity contribution is 0.474. The normalized spacial score (nSPS) is 13.5. The number of nitrogens with zero attached hydrogens (tertiary/aromatic N) is 2. The number of phenolic OH excluding ortho intramolecular Hbond substituents is 1. The van der Waals surface area contributed by atoms with E-state index < -0.39 is 0 Å². The molecule has 3 nitrogen and oxygen atoms in total. The molecule has 0 amide bonds. The number of rotatable bonds is 2. The highest BCUT2D eigenvalue weighted by atomic mass is 16.3. The van der Waals surface area contributed by atoms with Crippen molar-refractivity contribution in [1.82, 2.24) is 0 Å². The van der Waals surface area contributed by atoms with Crippen molar-refractivity contribution in [2.45, 2.75) is 13.3 Å². The topological polar surface area (TPSA) is 45.0 Å². The molecule has 1 heterocycles. The molecule has 1 N–H and O–H groups in total. The van der Waals surface area contributed by atoms with Gasteiger partial charge in [0.05, 0.1) is 22.8 Å². The van der Waals surface area contributed by atoms with Crippen LogP contribution in [-0.4, -0.2) is 16.5 Å². The van der Waals surface area contributed by atoms with Gasteiger partial charge in [-0.1, -0.05) is 54.1 Å². The van der Waals surface area contributed by atoms with Gasteiger partial charge in [0, 0.05) is 12.0 Å². The Balaban J connectivity index is 1.88. The smallest absolute Gasteiger partial charge is 0.124 e. The number of phenols is 1. The van der Waals surface area contributed by atoms with Crippen LogP contribution in [0.25, 0.3) is 0 Å². The van der Waals surface area contributed by atoms with Crippen LogP contribution in [0.15, 0.2) is 82.8 Å². The van der Waals surface area contributed by atoms with Gasteiger partial charge in [-0.25, -0.2) is 0 Å². The van der Waals surface area contributed by atoms with E-state index >= 15 is 0 Å². The fourth-order valence-electron chi connectivity index (χ4n) is 2.97. The van der Waals surface area contributed by atoms with Gasteiger partial charge in [-0.3, -0.25) is 9.98 Å². The maximum absolute atomic E-state index is 10.3. The molecule has 0 bridgehead atoms. The van der Waals surface area contributed by atoms with Crippen LogP contribution in [0.4, 0.5) is 11.4 Å². The summed E-state index contributed by atoms with van der Waals surface area (Å²) in [6.07, 6.45) is 0.565. The first kappa shape index (κ1) is 15.3.